The van der Waals surface area contributed by atoms with Gasteiger partial charge in [-0.25, -0.2) is 0 Å². The summed E-state index contributed by atoms with van der Waals surface area (Å²) in [6.07, 6.45) is 8.17. The van der Waals surface area contributed by atoms with Crippen LogP contribution < -0.4 is 5.73 Å². The lowest BCUT2D eigenvalue weighted by Crippen LogP contribution is -2.20. The largest absolute Gasteiger partial charge is 0.482 e. The van der Waals surface area contributed by atoms with Crippen molar-refractivity contribution in [2.24, 2.45) is 16.6 Å². The molecule has 2 aliphatic rings. The Balaban J connectivity index is 2.32. The van der Waals surface area contributed by atoms with E-state index in [1.807, 2.05) is 0 Å². The van der Waals surface area contributed by atoms with Crippen molar-refractivity contribution in [3.63, 3.8) is 0 Å². The van der Waals surface area contributed by atoms with Gasteiger partial charge in [-0.3, -0.25) is 4.99 Å². The number of nitrogens with two attached hydrogens (primary N) is 1. The molecule has 1 aliphatic carbocycles. The predicted molar refractivity (Wildman–Crippen MR) is 52.4 cm³/mol. The predicted octanol–water partition coefficient (Wildman–Crippen LogP) is 1.22. The second kappa shape index (κ2) is 3.24. The molecule has 13 heavy (non-hydrogen) atoms. The fourth-order valence-corrected chi connectivity index (χ4v) is 2.01. The highest BCUT2D eigenvalue weighted by Crippen LogP contribution is 2.33. The van der Waals surface area contributed by atoms with E-state index in [4.69, 9.17) is 10.5 Å². The fourth-order valence-electron chi connectivity index (χ4n) is 2.01. The van der Waals surface area contributed by atoms with E-state index in [0.717, 1.165) is 24.3 Å². The number of hydrogen-bond acceptors (Lipinski definition) is 3. The minimum Gasteiger partial charge on any atom is -0.482 e. The summed E-state index contributed by atoms with van der Waals surface area (Å²) in [7, 11) is 1.79. The van der Waals surface area contributed by atoms with E-state index in [1.54, 1.807) is 7.05 Å². The van der Waals surface area contributed by atoms with Crippen LogP contribution in [0.4, 0.5) is 0 Å². The third-order valence-electron chi connectivity index (χ3n) is 2.63. The van der Waals surface area contributed by atoms with Gasteiger partial charge in [0.05, 0.1) is 5.71 Å². The van der Waals surface area contributed by atoms with Crippen molar-refractivity contribution >= 4 is 5.71 Å². The van der Waals surface area contributed by atoms with Gasteiger partial charge in [-0.15, -0.1) is 0 Å². The molecule has 0 bridgehead atoms. The Kier molecular flexibility index (Phi) is 2.08. The zero-order chi connectivity index (χ0) is 9.26. The van der Waals surface area contributed by atoms with Gasteiger partial charge < -0.3 is 10.5 Å². The van der Waals surface area contributed by atoms with E-state index >= 15 is 0 Å². The molecule has 0 amide bonds. The smallest absolute Gasteiger partial charge is 0.157 e. The van der Waals surface area contributed by atoms with Gasteiger partial charge in [0.15, 0.2) is 5.76 Å². The van der Waals surface area contributed by atoms with E-state index in [0.29, 0.717) is 5.92 Å². The van der Waals surface area contributed by atoms with Crippen LogP contribution in [0.3, 0.4) is 0 Å². The summed E-state index contributed by atoms with van der Waals surface area (Å²) in [5.74, 6) is 1.17. The number of allylic oxidation sites excluding steroid dienone is 2. The van der Waals surface area contributed by atoms with Crippen LogP contribution in [0.2, 0.25) is 0 Å². The first-order valence-electron chi connectivity index (χ1n) is 4.59. The lowest BCUT2D eigenvalue weighted by Gasteiger charge is -2.17. The topological polar surface area (TPSA) is 47.6 Å². The van der Waals surface area contributed by atoms with Gasteiger partial charge in [0.1, 0.15) is 6.10 Å². The molecule has 0 aromatic heterocycles. The van der Waals surface area contributed by atoms with E-state index in [2.05, 4.69) is 17.1 Å². The van der Waals surface area contributed by atoms with Gasteiger partial charge in [0.25, 0.3) is 0 Å². The molecule has 1 fully saturated rings. The maximum atomic E-state index is 5.64. The molecule has 2 N–H and O–H groups in total. The maximum Gasteiger partial charge on any atom is 0.157 e. The molecule has 1 aliphatic heterocycles. The van der Waals surface area contributed by atoms with Crippen LogP contribution in [0.1, 0.15) is 12.8 Å². The first-order valence-corrected chi connectivity index (χ1v) is 4.59. The molecule has 0 radical (unpaired) electrons. The van der Waals surface area contributed by atoms with Crippen LogP contribution >= 0.6 is 0 Å². The first-order chi connectivity index (χ1) is 6.36. The SMILES string of the molecule is CN=C1C(=CN)OC2C=CCCC12. The van der Waals surface area contributed by atoms with Crippen molar-refractivity contribution in [1.82, 2.24) is 0 Å². The number of hydrogen-bond donors (Lipinski definition) is 1. The van der Waals surface area contributed by atoms with Crippen LogP contribution in [0, 0.1) is 5.92 Å². The molecule has 2 rings (SSSR count). The standard InChI is InChI=1S/C10H14N2O/c1-12-10-7-4-2-3-5-8(7)13-9(10)6-11/h3,5-8H,2,4,11H2,1H3. The Morgan fingerprint density at radius 2 is 2.54 bits per heavy atom. The Morgan fingerprint density at radius 1 is 1.69 bits per heavy atom. The van der Waals surface area contributed by atoms with Crippen LogP contribution in [-0.4, -0.2) is 18.9 Å². The molecule has 3 heteroatoms. The summed E-state index contributed by atoms with van der Waals surface area (Å²) in [5, 5.41) is 0. The average Bonchev–Trinajstić information content (AvgIpc) is 2.55. The second-order valence-corrected chi connectivity index (χ2v) is 3.33. The van der Waals surface area contributed by atoms with Crippen LogP contribution in [0.25, 0.3) is 0 Å². The summed E-state index contributed by atoms with van der Waals surface area (Å²) < 4.78 is 5.64. The molecule has 1 heterocycles. The van der Waals surface area contributed by atoms with E-state index in [1.165, 1.54) is 6.20 Å². The molecule has 2 atom stereocenters. The Bertz CT molecular complexity index is 291. The van der Waals surface area contributed by atoms with Gasteiger partial charge in [0, 0.05) is 19.2 Å². The lowest BCUT2D eigenvalue weighted by molar-refractivity contribution is 0.165. The number of fused-ring (bicyclic) bond motifs is 1. The minimum absolute atomic E-state index is 0.169. The highest BCUT2D eigenvalue weighted by atomic mass is 16.5. The quantitative estimate of drug-likeness (QED) is 0.567. The fraction of sp³-hybridized carbons (Fsp3) is 0.500. The molecular formula is C10H14N2O. The Hall–Kier alpha value is -1.25. The number of nitrogens with zero attached hydrogens (tertiary/aromatic N) is 1. The first kappa shape index (κ1) is 8.35. The summed E-state index contributed by atoms with van der Waals surface area (Å²) in [6, 6.07) is 0. The molecular weight excluding hydrogens is 164 g/mol. The third-order valence-corrected chi connectivity index (χ3v) is 2.63. The highest BCUT2D eigenvalue weighted by molar-refractivity contribution is 6.02. The zero-order valence-electron chi connectivity index (χ0n) is 7.73. The van der Waals surface area contributed by atoms with Gasteiger partial charge >= 0.3 is 0 Å². The van der Waals surface area contributed by atoms with Crippen molar-refractivity contribution in [3.8, 4) is 0 Å². The van der Waals surface area contributed by atoms with E-state index in [9.17, 15) is 0 Å². The Labute approximate surface area is 78.0 Å². The summed E-state index contributed by atoms with van der Waals surface area (Å²) in [5.41, 5.74) is 6.49. The maximum absolute atomic E-state index is 5.64. The van der Waals surface area contributed by atoms with Crippen molar-refractivity contribution < 1.29 is 4.74 Å². The molecule has 1 saturated heterocycles. The summed E-state index contributed by atoms with van der Waals surface area (Å²) >= 11 is 0. The summed E-state index contributed by atoms with van der Waals surface area (Å²) in [6.45, 7) is 0. The average molecular weight is 178 g/mol. The molecule has 70 valence electrons. The minimum atomic E-state index is 0.169. The molecule has 0 aromatic carbocycles. The van der Waals surface area contributed by atoms with Crippen molar-refractivity contribution in [2.75, 3.05) is 7.05 Å². The lowest BCUT2D eigenvalue weighted by atomic mass is 9.89. The normalized spacial score (nSPS) is 37.9. The van der Waals surface area contributed by atoms with Crippen molar-refractivity contribution in [1.29, 1.82) is 0 Å². The Morgan fingerprint density at radius 3 is 3.23 bits per heavy atom. The van der Waals surface area contributed by atoms with E-state index in [-0.39, 0.29) is 6.10 Å². The molecule has 2 unspecified atom stereocenters. The van der Waals surface area contributed by atoms with E-state index < -0.39 is 0 Å². The zero-order valence-corrected chi connectivity index (χ0v) is 7.73. The van der Waals surface area contributed by atoms with Crippen molar-refractivity contribution in [3.05, 3.63) is 24.1 Å². The van der Waals surface area contributed by atoms with Crippen LogP contribution in [-0.2, 0) is 4.74 Å². The molecule has 3 nitrogen and oxygen atoms in total. The van der Waals surface area contributed by atoms with Crippen LogP contribution in [0.15, 0.2) is 29.1 Å². The van der Waals surface area contributed by atoms with Gasteiger partial charge in [-0.1, -0.05) is 6.08 Å². The molecule has 0 saturated carbocycles. The monoisotopic (exact) mass is 178 g/mol. The highest BCUT2D eigenvalue weighted by Gasteiger charge is 2.37. The number of aliphatic imine (C=N–C) groups is 1. The molecule has 0 spiro atoms. The van der Waals surface area contributed by atoms with Crippen molar-refractivity contribution in [2.45, 2.75) is 18.9 Å². The third kappa shape index (κ3) is 1.24. The molecule has 0 aromatic rings. The van der Waals surface area contributed by atoms with Gasteiger partial charge in [-0.2, -0.15) is 0 Å². The summed E-state index contributed by atoms with van der Waals surface area (Å²) in [4.78, 5) is 4.23. The van der Waals surface area contributed by atoms with Gasteiger partial charge in [-0.05, 0) is 18.9 Å². The van der Waals surface area contributed by atoms with Gasteiger partial charge in [0.2, 0.25) is 0 Å². The second-order valence-electron chi connectivity index (χ2n) is 3.33. The van der Waals surface area contributed by atoms with Crippen LogP contribution in [0.5, 0.6) is 0 Å². The number of ether oxygens (including phenoxy) is 1. The number of rotatable bonds is 0.